The zero-order valence-corrected chi connectivity index (χ0v) is 16.5. The summed E-state index contributed by atoms with van der Waals surface area (Å²) in [6.07, 6.45) is 1.33. The summed E-state index contributed by atoms with van der Waals surface area (Å²) in [6, 6.07) is 8.07. The van der Waals surface area contributed by atoms with Crippen LogP contribution < -0.4 is 11.1 Å². The van der Waals surface area contributed by atoms with Crippen molar-refractivity contribution in [1.82, 2.24) is 10.3 Å². The lowest BCUT2D eigenvalue weighted by Crippen LogP contribution is -2.75. The highest BCUT2D eigenvalue weighted by molar-refractivity contribution is 7.18. The molecule has 2 atom stereocenters. The first-order valence-electron chi connectivity index (χ1n) is 8.41. The Hall–Kier alpha value is -1.21. The molecule has 0 saturated heterocycles. The van der Waals surface area contributed by atoms with Crippen molar-refractivity contribution >= 4 is 39.9 Å². The van der Waals surface area contributed by atoms with Crippen LogP contribution in [-0.4, -0.2) is 35.7 Å². The molecule has 1 heterocycles. The predicted molar refractivity (Wildman–Crippen MR) is 104 cm³/mol. The molecule has 2 unspecified atom stereocenters. The normalized spacial score (nSPS) is 24.4. The SMILES string of the molecule is CCOC1CC(N)(C(=O)NCCc2nc3ccccc3s2)C1(C)C.Cl. The lowest BCUT2D eigenvalue weighted by atomic mass is 9.54. The van der Waals surface area contributed by atoms with E-state index in [1.807, 2.05) is 39.0 Å². The van der Waals surface area contributed by atoms with Gasteiger partial charge in [0.05, 0.1) is 21.3 Å². The van der Waals surface area contributed by atoms with Crippen LogP contribution in [0.15, 0.2) is 24.3 Å². The molecular formula is C18H26ClN3O2S. The Morgan fingerprint density at radius 2 is 2.16 bits per heavy atom. The highest BCUT2D eigenvalue weighted by Crippen LogP contribution is 2.49. The first kappa shape index (κ1) is 20.1. The van der Waals surface area contributed by atoms with Crippen LogP contribution in [0, 0.1) is 5.41 Å². The van der Waals surface area contributed by atoms with Crippen molar-refractivity contribution < 1.29 is 9.53 Å². The van der Waals surface area contributed by atoms with Crippen molar-refractivity contribution in [2.75, 3.05) is 13.2 Å². The van der Waals surface area contributed by atoms with Crippen LogP contribution >= 0.6 is 23.7 Å². The number of nitrogens with zero attached hydrogens (tertiary/aromatic N) is 1. The largest absolute Gasteiger partial charge is 0.378 e. The molecule has 2 aromatic rings. The maximum Gasteiger partial charge on any atom is 0.240 e. The van der Waals surface area contributed by atoms with E-state index in [9.17, 15) is 4.79 Å². The molecule has 1 saturated carbocycles. The number of carbonyl (C=O) groups is 1. The minimum Gasteiger partial charge on any atom is -0.378 e. The summed E-state index contributed by atoms with van der Waals surface area (Å²) >= 11 is 1.67. The number of nitrogens with two attached hydrogens (primary N) is 1. The number of hydrogen-bond donors (Lipinski definition) is 2. The Bertz CT molecular complexity index is 716. The smallest absolute Gasteiger partial charge is 0.240 e. The molecule has 3 rings (SSSR count). The maximum absolute atomic E-state index is 12.6. The minimum absolute atomic E-state index is 0. The average molecular weight is 384 g/mol. The van der Waals surface area contributed by atoms with Gasteiger partial charge in [-0.3, -0.25) is 4.79 Å². The summed E-state index contributed by atoms with van der Waals surface area (Å²) in [4.78, 5) is 17.2. The molecule has 7 heteroatoms. The van der Waals surface area contributed by atoms with Crippen molar-refractivity contribution in [3.63, 3.8) is 0 Å². The Labute approximate surface area is 158 Å². The van der Waals surface area contributed by atoms with Crippen LogP contribution in [-0.2, 0) is 16.0 Å². The molecule has 1 aliphatic rings. The van der Waals surface area contributed by atoms with Gasteiger partial charge in [-0.25, -0.2) is 4.98 Å². The standard InChI is InChI=1S/C18H25N3O2S.ClH/c1-4-23-14-11-18(19,17(14,2)3)16(22)20-10-9-15-21-12-7-5-6-8-13(12)24-15;/h5-8,14H,4,9-11,19H2,1-3H3,(H,20,22);1H. The van der Waals surface area contributed by atoms with Gasteiger partial charge < -0.3 is 15.8 Å². The number of benzene rings is 1. The van der Waals surface area contributed by atoms with E-state index in [4.69, 9.17) is 10.5 Å². The Balaban J connectivity index is 0.00000225. The molecule has 3 N–H and O–H groups in total. The van der Waals surface area contributed by atoms with E-state index in [0.29, 0.717) is 19.6 Å². The summed E-state index contributed by atoms with van der Waals surface area (Å²) in [5, 5.41) is 4.01. The van der Waals surface area contributed by atoms with Gasteiger partial charge in [0, 0.05) is 31.4 Å². The third-order valence-corrected chi connectivity index (χ3v) is 6.29. The van der Waals surface area contributed by atoms with E-state index in [1.165, 1.54) is 4.70 Å². The molecule has 1 fully saturated rings. The van der Waals surface area contributed by atoms with Crippen LogP contribution in [0.4, 0.5) is 0 Å². The monoisotopic (exact) mass is 383 g/mol. The fraction of sp³-hybridized carbons (Fsp3) is 0.556. The van der Waals surface area contributed by atoms with Gasteiger partial charge in [-0.15, -0.1) is 23.7 Å². The lowest BCUT2D eigenvalue weighted by Gasteiger charge is -2.57. The second-order valence-corrected chi connectivity index (χ2v) is 8.04. The summed E-state index contributed by atoms with van der Waals surface area (Å²) in [5.41, 5.74) is 6.17. The van der Waals surface area contributed by atoms with Gasteiger partial charge in [-0.2, -0.15) is 0 Å². The van der Waals surface area contributed by atoms with Crippen molar-refractivity contribution in [1.29, 1.82) is 0 Å². The lowest BCUT2D eigenvalue weighted by molar-refractivity contribution is -0.170. The Kier molecular flexibility index (Phi) is 6.09. The molecule has 1 aromatic carbocycles. The number of aromatic nitrogens is 1. The van der Waals surface area contributed by atoms with Gasteiger partial charge in [0.15, 0.2) is 0 Å². The van der Waals surface area contributed by atoms with Crippen molar-refractivity contribution in [3.8, 4) is 0 Å². The number of amides is 1. The highest BCUT2D eigenvalue weighted by atomic mass is 35.5. The number of hydrogen-bond acceptors (Lipinski definition) is 5. The second-order valence-electron chi connectivity index (χ2n) is 6.92. The van der Waals surface area contributed by atoms with E-state index < -0.39 is 5.54 Å². The first-order chi connectivity index (χ1) is 11.4. The van der Waals surface area contributed by atoms with Crippen LogP contribution in [0.5, 0.6) is 0 Å². The predicted octanol–water partition coefficient (Wildman–Crippen LogP) is 2.91. The number of thiazole rings is 1. The summed E-state index contributed by atoms with van der Waals surface area (Å²) in [5.74, 6) is -0.0930. The van der Waals surface area contributed by atoms with E-state index in [2.05, 4.69) is 16.4 Å². The van der Waals surface area contributed by atoms with E-state index in [1.54, 1.807) is 11.3 Å². The third kappa shape index (κ3) is 3.53. The molecular weight excluding hydrogens is 358 g/mol. The molecule has 25 heavy (non-hydrogen) atoms. The molecule has 1 aromatic heterocycles. The molecule has 5 nitrogen and oxygen atoms in total. The van der Waals surface area contributed by atoms with Gasteiger partial charge in [0.2, 0.25) is 5.91 Å². The summed E-state index contributed by atoms with van der Waals surface area (Å²) < 4.78 is 6.85. The number of ether oxygens (including phenoxy) is 1. The number of nitrogens with one attached hydrogen (secondary N) is 1. The van der Waals surface area contributed by atoms with Gasteiger partial charge in [0.25, 0.3) is 0 Å². The minimum atomic E-state index is -0.861. The molecule has 0 radical (unpaired) electrons. The summed E-state index contributed by atoms with van der Waals surface area (Å²) in [6.45, 7) is 7.16. The number of carbonyl (C=O) groups excluding carboxylic acids is 1. The van der Waals surface area contributed by atoms with Crippen molar-refractivity contribution in [3.05, 3.63) is 29.3 Å². The fourth-order valence-electron chi connectivity index (χ4n) is 3.29. The van der Waals surface area contributed by atoms with E-state index >= 15 is 0 Å². The molecule has 0 bridgehead atoms. The number of halogens is 1. The number of para-hydroxylation sites is 1. The average Bonchev–Trinajstić information content (AvgIpc) is 2.97. The fourth-order valence-corrected chi connectivity index (χ4v) is 4.25. The maximum atomic E-state index is 12.6. The Morgan fingerprint density at radius 1 is 1.44 bits per heavy atom. The van der Waals surface area contributed by atoms with Gasteiger partial charge in [-0.1, -0.05) is 26.0 Å². The molecule has 0 aliphatic heterocycles. The van der Waals surface area contributed by atoms with Gasteiger partial charge in [-0.05, 0) is 19.1 Å². The van der Waals surface area contributed by atoms with Gasteiger partial charge in [0.1, 0.15) is 5.54 Å². The molecule has 1 amide bonds. The summed E-state index contributed by atoms with van der Waals surface area (Å²) in [7, 11) is 0. The molecule has 1 aliphatic carbocycles. The van der Waals surface area contributed by atoms with Crippen molar-refractivity contribution in [2.24, 2.45) is 11.1 Å². The van der Waals surface area contributed by atoms with Gasteiger partial charge >= 0.3 is 0 Å². The zero-order chi connectivity index (χ0) is 17.4. The first-order valence-corrected chi connectivity index (χ1v) is 9.23. The highest BCUT2D eigenvalue weighted by Gasteiger charge is 2.62. The Morgan fingerprint density at radius 3 is 2.80 bits per heavy atom. The zero-order valence-electron chi connectivity index (χ0n) is 14.9. The number of fused-ring (bicyclic) bond motifs is 1. The third-order valence-electron chi connectivity index (χ3n) is 5.20. The number of rotatable bonds is 6. The topological polar surface area (TPSA) is 77.2 Å². The van der Waals surface area contributed by atoms with Crippen LogP contribution in [0.3, 0.4) is 0 Å². The van der Waals surface area contributed by atoms with Crippen LogP contribution in [0.25, 0.3) is 10.2 Å². The van der Waals surface area contributed by atoms with Crippen LogP contribution in [0.1, 0.15) is 32.2 Å². The molecule has 138 valence electrons. The molecule has 0 spiro atoms. The van der Waals surface area contributed by atoms with E-state index in [0.717, 1.165) is 16.9 Å². The quantitative estimate of drug-likeness (QED) is 0.804. The second kappa shape index (κ2) is 7.58. The van der Waals surface area contributed by atoms with Crippen molar-refractivity contribution in [2.45, 2.75) is 45.3 Å². The van der Waals surface area contributed by atoms with Crippen LogP contribution in [0.2, 0.25) is 0 Å². The van der Waals surface area contributed by atoms with E-state index in [-0.39, 0.29) is 29.8 Å².